The van der Waals surface area contributed by atoms with Gasteiger partial charge < -0.3 is 0 Å². The molecule has 4 nitrogen and oxygen atoms in total. The van der Waals surface area contributed by atoms with E-state index in [9.17, 15) is 22.4 Å². The lowest BCUT2D eigenvalue weighted by Gasteiger charge is -2.37. The maximum absolute atomic E-state index is 13.7. The molecule has 1 atom stereocenters. The summed E-state index contributed by atoms with van der Waals surface area (Å²) in [4.78, 5) is 17.7. The van der Waals surface area contributed by atoms with Gasteiger partial charge in [-0.25, -0.2) is 9.07 Å². The fraction of sp³-hybridized carbons (Fsp3) is 0.320. The Hall–Kier alpha value is -3.29. The van der Waals surface area contributed by atoms with Gasteiger partial charge in [0.2, 0.25) is 0 Å². The van der Waals surface area contributed by atoms with E-state index in [0.29, 0.717) is 24.9 Å². The molecule has 3 aromatic rings. The number of benzene rings is 1. The summed E-state index contributed by atoms with van der Waals surface area (Å²) in [5.74, 6) is -0.776. The molecule has 0 unspecified atom stereocenters. The summed E-state index contributed by atoms with van der Waals surface area (Å²) in [6.07, 6.45) is 2.13. The highest BCUT2D eigenvalue weighted by atomic mass is 19.4. The summed E-state index contributed by atoms with van der Waals surface area (Å²) in [6.45, 7) is 3.85. The van der Waals surface area contributed by atoms with Gasteiger partial charge in [0.15, 0.2) is 5.78 Å². The number of fused-ring (bicyclic) bond motifs is 1. The summed E-state index contributed by atoms with van der Waals surface area (Å²) in [5.41, 5.74) is 1.03. The molecule has 172 valence electrons. The number of carbonyl (C=O) groups is 1. The molecule has 1 aromatic carbocycles. The van der Waals surface area contributed by atoms with E-state index in [2.05, 4.69) is 10.1 Å². The third kappa shape index (κ3) is 4.10. The molecule has 1 aliphatic rings. The second-order valence-corrected chi connectivity index (χ2v) is 8.23. The van der Waals surface area contributed by atoms with Crippen LogP contribution in [0.15, 0.2) is 54.4 Å². The number of rotatable bonds is 6. The Morgan fingerprint density at radius 3 is 2.52 bits per heavy atom. The van der Waals surface area contributed by atoms with Gasteiger partial charge in [-0.3, -0.25) is 9.78 Å². The van der Waals surface area contributed by atoms with Gasteiger partial charge in [0, 0.05) is 6.20 Å². The van der Waals surface area contributed by atoms with Crippen molar-refractivity contribution < 1.29 is 22.4 Å². The number of pyridine rings is 1. The molecule has 0 spiro atoms. The minimum Gasteiger partial charge on any atom is -0.291 e. The largest absolute Gasteiger partial charge is 0.416 e. The number of allylic oxidation sites excluding steroid dienone is 1. The van der Waals surface area contributed by atoms with Crippen LogP contribution in [0.5, 0.6) is 0 Å². The number of nitrogens with zero attached hydrogens (tertiary/aromatic N) is 3. The fourth-order valence-electron chi connectivity index (χ4n) is 4.51. The molecule has 4 rings (SSSR count). The first kappa shape index (κ1) is 22.9. The molecule has 0 fully saturated rings. The zero-order chi connectivity index (χ0) is 23.8. The van der Waals surface area contributed by atoms with Gasteiger partial charge in [0.25, 0.3) is 0 Å². The monoisotopic (exact) mass is 457 g/mol. The van der Waals surface area contributed by atoms with Crippen LogP contribution in [-0.4, -0.2) is 20.5 Å². The summed E-state index contributed by atoms with van der Waals surface area (Å²) < 4.78 is 54.8. The number of Topliss-reactive ketones (excluding diaryl/α,β-unsaturated/α-hetero) is 1. The molecular weight excluding hydrogens is 434 g/mol. The zero-order valence-electron chi connectivity index (χ0n) is 18.3. The molecule has 0 bridgehead atoms. The number of carbonyl (C=O) groups excluding carboxylic acids is 1. The van der Waals surface area contributed by atoms with Crippen LogP contribution in [-0.2, 0) is 12.6 Å². The van der Waals surface area contributed by atoms with Gasteiger partial charge in [-0.05, 0) is 67.3 Å². The number of alkyl halides is 3. The van der Waals surface area contributed by atoms with Crippen LogP contribution in [0.3, 0.4) is 0 Å². The first-order valence-corrected chi connectivity index (χ1v) is 10.8. The van der Waals surface area contributed by atoms with Gasteiger partial charge in [-0.15, -0.1) is 0 Å². The van der Waals surface area contributed by atoms with Crippen molar-refractivity contribution in [2.45, 2.75) is 45.7 Å². The van der Waals surface area contributed by atoms with Crippen LogP contribution in [0.4, 0.5) is 17.6 Å². The lowest BCUT2D eigenvalue weighted by atomic mass is 9.65. The first-order valence-electron chi connectivity index (χ1n) is 10.8. The van der Waals surface area contributed by atoms with Crippen molar-refractivity contribution in [3.8, 4) is 5.69 Å². The van der Waals surface area contributed by atoms with E-state index in [1.165, 1.54) is 12.1 Å². The molecule has 0 saturated heterocycles. The quantitative estimate of drug-likeness (QED) is 0.316. The topological polar surface area (TPSA) is 47.8 Å². The summed E-state index contributed by atoms with van der Waals surface area (Å²) in [6, 6.07) is 7.64. The zero-order valence-corrected chi connectivity index (χ0v) is 18.3. The lowest BCUT2D eigenvalue weighted by Crippen LogP contribution is -2.38. The van der Waals surface area contributed by atoms with Gasteiger partial charge in [0.05, 0.1) is 28.6 Å². The Balaban J connectivity index is 1.80. The molecule has 0 saturated carbocycles. The molecule has 1 aliphatic carbocycles. The predicted octanol–water partition coefficient (Wildman–Crippen LogP) is 6.44. The van der Waals surface area contributed by atoms with Gasteiger partial charge >= 0.3 is 6.18 Å². The van der Waals surface area contributed by atoms with E-state index in [4.69, 9.17) is 0 Å². The SMILES string of the molecule is CCCC1=Cc2c(cnn2-c2ccc(F)cc2)C[C@@]1(CC)C(=O)c1cc(C(F)(F)F)ccn1. The molecule has 0 aliphatic heterocycles. The Bertz CT molecular complexity index is 1210. The van der Waals surface area contributed by atoms with Crippen molar-refractivity contribution in [1.82, 2.24) is 14.8 Å². The molecule has 0 radical (unpaired) electrons. The molecule has 0 amide bonds. The predicted molar refractivity (Wildman–Crippen MR) is 116 cm³/mol. The van der Waals surface area contributed by atoms with Crippen molar-refractivity contribution in [3.05, 3.63) is 82.7 Å². The highest BCUT2D eigenvalue weighted by Gasteiger charge is 2.45. The lowest BCUT2D eigenvalue weighted by molar-refractivity contribution is -0.137. The molecule has 2 heterocycles. The maximum Gasteiger partial charge on any atom is 0.416 e. The van der Waals surface area contributed by atoms with E-state index in [1.807, 2.05) is 19.9 Å². The van der Waals surface area contributed by atoms with Crippen LogP contribution >= 0.6 is 0 Å². The normalized spacial score (nSPS) is 18.1. The fourth-order valence-corrected chi connectivity index (χ4v) is 4.51. The number of hydrogen-bond acceptors (Lipinski definition) is 3. The first-order chi connectivity index (χ1) is 15.7. The third-order valence-electron chi connectivity index (χ3n) is 6.25. The van der Waals surface area contributed by atoms with Crippen molar-refractivity contribution in [2.75, 3.05) is 0 Å². The maximum atomic E-state index is 13.7. The Labute approximate surface area is 189 Å². The van der Waals surface area contributed by atoms with Crippen LogP contribution in [0.1, 0.15) is 60.4 Å². The van der Waals surface area contributed by atoms with E-state index in [0.717, 1.165) is 41.6 Å². The highest BCUT2D eigenvalue weighted by molar-refractivity contribution is 6.02. The minimum absolute atomic E-state index is 0.192. The molecule has 8 heteroatoms. The van der Waals surface area contributed by atoms with E-state index in [1.54, 1.807) is 23.0 Å². The van der Waals surface area contributed by atoms with Crippen molar-refractivity contribution in [2.24, 2.45) is 5.41 Å². The highest BCUT2D eigenvalue weighted by Crippen LogP contribution is 2.46. The molecule has 0 N–H and O–H groups in total. The van der Waals surface area contributed by atoms with E-state index in [-0.39, 0.29) is 11.5 Å². The van der Waals surface area contributed by atoms with Gasteiger partial charge in [-0.2, -0.15) is 18.3 Å². The molecule has 33 heavy (non-hydrogen) atoms. The van der Waals surface area contributed by atoms with Gasteiger partial charge in [0.1, 0.15) is 11.5 Å². The Kier molecular flexibility index (Phi) is 5.95. The van der Waals surface area contributed by atoms with Crippen molar-refractivity contribution in [3.63, 3.8) is 0 Å². The van der Waals surface area contributed by atoms with Crippen LogP contribution in [0, 0.1) is 11.2 Å². The summed E-state index contributed by atoms with van der Waals surface area (Å²) >= 11 is 0. The summed E-state index contributed by atoms with van der Waals surface area (Å²) in [5, 5.41) is 4.44. The standard InChI is InChI=1S/C25H23F4N3O/c1-3-5-17-13-22-16(15-31-32(22)20-8-6-19(26)7-9-20)14-24(17,4-2)23(33)21-12-18(10-11-30-21)25(27,28)29/h6-13,15H,3-5,14H2,1-2H3/t24-/m1/s1. The average molecular weight is 457 g/mol. The Morgan fingerprint density at radius 2 is 1.88 bits per heavy atom. The number of hydrogen-bond donors (Lipinski definition) is 0. The van der Waals surface area contributed by atoms with Gasteiger partial charge in [-0.1, -0.05) is 25.8 Å². The number of halogens is 4. The van der Waals surface area contributed by atoms with Crippen LogP contribution in [0.25, 0.3) is 11.8 Å². The number of aromatic nitrogens is 3. The summed E-state index contributed by atoms with van der Waals surface area (Å²) in [7, 11) is 0. The van der Waals surface area contributed by atoms with Crippen LogP contribution < -0.4 is 0 Å². The van der Waals surface area contributed by atoms with E-state index < -0.39 is 22.9 Å². The van der Waals surface area contributed by atoms with Crippen molar-refractivity contribution in [1.29, 1.82) is 0 Å². The van der Waals surface area contributed by atoms with Crippen LogP contribution in [0.2, 0.25) is 0 Å². The molecule has 2 aromatic heterocycles. The average Bonchev–Trinajstić information content (AvgIpc) is 3.20. The second-order valence-electron chi connectivity index (χ2n) is 8.23. The smallest absolute Gasteiger partial charge is 0.291 e. The molecular formula is C25H23F4N3O. The minimum atomic E-state index is -4.56. The second kappa shape index (κ2) is 8.57. The number of ketones is 1. The van der Waals surface area contributed by atoms with E-state index >= 15 is 0 Å². The Morgan fingerprint density at radius 1 is 1.15 bits per heavy atom. The van der Waals surface area contributed by atoms with Crippen molar-refractivity contribution >= 4 is 11.9 Å². The third-order valence-corrected chi connectivity index (χ3v) is 6.25.